The first-order valence-electron chi connectivity index (χ1n) is 8.47. The topological polar surface area (TPSA) is 51.5 Å². The fraction of sp³-hybridized carbons (Fsp3) is 0.381. The molecule has 2 aromatic rings. The smallest absolute Gasteiger partial charge is 0.162 e. The highest BCUT2D eigenvalue weighted by molar-refractivity contribution is 5.46. The van der Waals surface area contributed by atoms with E-state index in [4.69, 9.17) is 19.5 Å². The molecular formula is C21H25NO3. The maximum Gasteiger partial charge on any atom is 0.162 e. The van der Waals surface area contributed by atoms with Crippen LogP contribution in [0.4, 0.5) is 0 Å². The number of benzene rings is 2. The lowest BCUT2D eigenvalue weighted by Crippen LogP contribution is -2.16. The van der Waals surface area contributed by atoms with Gasteiger partial charge in [-0.15, -0.1) is 0 Å². The molecule has 0 fully saturated rings. The van der Waals surface area contributed by atoms with Crippen molar-refractivity contribution < 1.29 is 14.2 Å². The Morgan fingerprint density at radius 1 is 0.880 bits per heavy atom. The summed E-state index contributed by atoms with van der Waals surface area (Å²) < 4.78 is 17.2. The first-order valence-corrected chi connectivity index (χ1v) is 8.47. The van der Waals surface area contributed by atoms with Gasteiger partial charge in [0.25, 0.3) is 0 Å². The van der Waals surface area contributed by atoms with Crippen LogP contribution in [-0.4, -0.2) is 19.8 Å². The molecule has 2 aromatic carbocycles. The number of hydrogen-bond donors (Lipinski definition) is 0. The predicted octanol–water partition coefficient (Wildman–Crippen LogP) is 4.71. The average Bonchev–Trinajstić information content (AvgIpc) is 2.59. The van der Waals surface area contributed by atoms with E-state index in [0.29, 0.717) is 36.9 Å². The van der Waals surface area contributed by atoms with Crippen LogP contribution >= 0.6 is 0 Å². The lowest BCUT2D eigenvalue weighted by atomic mass is 9.86. The summed E-state index contributed by atoms with van der Waals surface area (Å²) in [6.45, 7) is 9.73. The fourth-order valence-electron chi connectivity index (χ4n) is 2.48. The predicted molar refractivity (Wildman–Crippen MR) is 98.5 cm³/mol. The quantitative estimate of drug-likeness (QED) is 0.685. The molecule has 132 valence electrons. The van der Waals surface area contributed by atoms with E-state index in [1.54, 1.807) is 18.2 Å². The van der Waals surface area contributed by atoms with Crippen molar-refractivity contribution >= 4 is 0 Å². The monoisotopic (exact) mass is 339 g/mol. The standard InChI is InChI=1S/C21H25NO3/c1-5-23-20-14-16(15-22)10-11-19(20)25-13-12-24-18-9-7-6-8-17(18)21(2,3)4/h6-11,14H,5,12-13H2,1-4H3. The van der Waals surface area contributed by atoms with Gasteiger partial charge in [-0.3, -0.25) is 0 Å². The van der Waals surface area contributed by atoms with Crippen LogP contribution < -0.4 is 14.2 Å². The highest BCUT2D eigenvalue weighted by atomic mass is 16.5. The molecule has 0 aliphatic heterocycles. The third-order valence-electron chi connectivity index (χ3n) is 3.67. The fourth-order valence-corrected chi connectivity index (χ4v) is 2.48. The first kappa shape index (κ1) is 18.7. The van der Waals surface area contributed by atoms with Crippen LogP contribution in [0.25, 0.3) is 0 Å². The van der Waals surface area contributed by atoms with Gasteiger partial charge in [0.05, 0.1) is 18.2 Å². The Bertz CT molecular complexity index is 742. The molecule has 0 unspecified atom stereocenters. The van der Waals surface area contributed by atoms with Crippen molar-refractivity contribution in [1.29, 1.82) is 5.26 Å². The zero-order valence-electron chi connectivity index (χ0n) is 15.3. The van der Waals surface area contributed by atoms with Gasteiger partial charge in [-0.05, 0) is 36.1 Å². The number of rotatable bonds is 7. The Balaban J connectivity index is 1.98. The third kappa shape index (κ3) is 5.15. The normalized spacial score (nSPS) is 10.8. The van der Waals surface area contributed by atoms with E-state index in [9.17, 15) is 0 Å². The maximum atomic E-state index is 8.99. The molecule has 0 radical (unpaired) electrons. The van der Waals surface area contributed by atoms with Gasteiger partial charge in [-0.25, -0.2) is 0 Å². The summed E-state index contributed by atoms with van der Waals surface area (Å²) in [5.74, 6) is 2.08. The van der Waals surface area contributed by atoms with Gasteiger partial charge in [0, 0.05) is 6.07 Å². The van der Waals surface area contributed by atoms with E-state index in [0.717, 1.165) is 5.75 Å². The summed E-state index contributed by atoms with van der Waals surface area (Å²) in [5, 5.41) is 8.99. The summed E-state index contributed by atoms with van der Waals surface area (Å²) in [5.41, 5.74) is 1.74. The van der Waals surface area contributed by atoms with Crippen LogP contribution in [0.3, 0.4) is 0 Å². The van der Waals surface area contributed by atoms with E-state index >= 15 is 0 Å². The largest absolute Gasteiger partial charge is 0.490 e. The van der Waals surface area contributed by atoms with Crippen molar-refractivity contribution in [2.24, 2.45) is 0 Å². The SMILES string of the molecule is CCOc1cc(C#N)ccc1OCCOc1ccccc1C(C)(C)C. The minimum atomic E-state index is 0.0205. The minimum absolute atomic E-state index is 0.0205. The van der Waals surface area contributed by atoms with Gasteiger partial charge in [0.15, 0.2) is 11.5 Å². The summed E-state index contributed by atoms with van der Waals surface area (Å²) in [4.78, 5) is 0. The molecule has 0 spiro atoms. The summed E-state index contributed by atoms with van der Waals surface area (Å²) in [6.07, 6.45) is 0. The second kappa shape index (κ2) is 8.43. The van der Waals surface area contributed by atoms with Crippen LogP contribution in [-0.2, 0) is 5.41 Å². The van der Waals surface area contributed by atoms with Crippen molar-refractivity contribution in [2.45, 2.75) is 33.1 Å². The zero-order valence-corrected chi connectivity index (χ0v) is 15.3. The van der Waals surface area contributed by atoms with E-state index < -0.39 is 0 Å². The van der Waals surface area contributed by atoms with Crippen LogP contribution in [0.1, 0.15) is 38.8 Å². The molecular weight excluding hydrogens is 314 g/mol. The molecule has 0 heterocycles. The van der Waals surface area contributed by atoms with Gasteiger partial charge < -0.3 is 14.2 Å². The lowest BCUT2D eigenvalue weighted by Gasteiger charge is -2.22. The second-order valence-electron chi connectivity index (χ2n) is 6.65. The number of hydrogen-bond acceptors (Lipinski definition) is 4. The van der Waals surface area contributed by atoms with Crippen molar-refractivity contribution in [2.75, 3.05) is 19.8 Å². The number of nitrogens with zero attached hydrogens (tertiary/aromatic N) is 1. The van der Waals surface area contributed by atoms with Gasteiger partial charge in [0.2, 0.25) is 0 Å². The third-order valence-corrected chi connectivity index (χ3v) is 3.67. The molecule has 0 amide bonds. The van der Waals surface area contributed by atoms with Crippen molar-refractivity contribution in [3.8, 4) is 23.3 Å². The Kier molecular flexibility index (Phi) is 6.30. The Labute approximate surface area is 150 Å². The average molecular weight is 339 g/mol. The lowest BCUT2D eigenvalue weighted by molar-refractivity contribution is 0.206. The summed E-state index contributed by atoms with van der Waals surface area (Å²) in [7, 11) is 0. The molecule has 4 nitrogen and oxygen atoms in total. The molecule has 0 aromatic heterocycles. The molecule has 0 aliphatic carbocycles. The zero-order chi connectivity index (χ0) is 18.3. The molecule has 0 aliphatic rings. The molecule has 0 atom stereocenters. The molecule has 4 heteroatoms. The second-order valence-corrected chi connectivity index (χ2v) is 6.65. The van der Waals surface area contributed by atoms with Gasteiger partial charge in [-0.1, -0.05) is 39.0 Å². The Hall–Kier alpha value is -2.67. The first-order chi connectivity index (χ1) is 12.0. The number of nitriles is 1. The van der Waals surface area contributed by atoms with Crippen LogP contribution in [0.15, 0.2) is 42.5 Å². The van der Waals surface area contributed by atoms with E-state index in [-0.39, 0.29) is 5.41 Å². The number of para-hydroxylation sites is 1. The molecule has 0 N–H and O–H groups in total. The van der Waals surface area contributed by atoms with Crippen LogP contribution in [0.2, 0.25) is 0 Å². The molecule has 0 saturated heterocycles. The Morgan fingerprint density at radius 3 is 2.20 bits per heavy atom. The van der Waals surface area contributed by atoms with Crippen molar-refractivity contribution in [3.05, 3.63) is 53.6 Å². The van der Waals surface area contributed by atoms with Crippen LogP contribution in [0, 0.1) is 11.3 Å². The van der Waals surface area contributed by atoms with Gasteiger partial charge in [0.1, 0.15) is 19.0 Å². The molecule has 0 saturated carbocycles. The Morgan fingerprint density at radius 2 is 1.56 bits per heavy atom. The minimum Gasteiger partial charge on any atom is -0.490 e. The maximum absolute atomic E-state index is 8.99. The van der Waals surface area contributed by atoms with Gasteiger partial charge >= 0.3 is 0 Å². The number of ether oxygens (including phenoxy) is 3. The highest BCUT2D eigenvalue weighted by Gasteiger charge is 2.18. The summed E-state index contributed by atoms with van der Waals surface area (Å²) >= 11 is 0. The van der Waals surface area contributed by atoms with Gasteiger partial charge in [-0.2, -0.15) is 5.26 Å². The highest BCUT2D eigenvalue weighted by Crippen LogP contribution is 2.31. The summed E-state index contributed by atoms with van der Waals surface area (Å²) in [6, 6.07) is 15.3. The van der Waals surface area contributed by atoms with Crippen molar-refractivity contribution in [1.82, 2.24) is 0 Å². The van der Waals surface area contributed by atoms with Crippen LogP contribution in [0.5, 0.6) is 17.2 Å². The molecule has 2 rings (SSSR count). The van der Waals surface area contributed by atoms with E-state index in [1.165, 1.54) is 5.56 Å². The van der Waals surface area contributed by atoms with Crippen molar-refractivity contribution in [3.63, 3.8) is 0 Å². The van der Waals surface area contributed by atoms with E-state index in [2.05, 4.69) is 32.9 Å². The molecule has 0 bridgehead atoms. The van der Waals surface area contributed by atoms with E-state index in [1.807, 2.05) is 25.1 Å². The molecule has 25 heavy (non-hydrogen) atoms.